The molecule has 156 valence electrons. The molecule has 1 atom stereocenters. The molecular weight excluding hydrogens is 390 g/mol. The number of benzene rings is 2. The number of amides is 1. The number of carbonyl (C=O) groups is 1. The molecule has 2 aromatic rings. The second kappa shape index (κ2) is 9.49. The molecule has 1 aliphatic heterocycles. The van der Waals surface area contributed by atoms with Crippen LogP contribution in [0.5, 0.6) is 0 Å². The molecule has 1 fully saturated rings. The van der Waals surface area contributed by atoms with Gasteiger partial charge in [0.05, 0.1) is 24.2 Å². The molecule has 0 bridgehead atoms. The Balaban J connectivity index is 1.81. The van der Waals surface area contributed by atoms with Gasteiger partial charge in [0.2, 0.25) is 15.9 Å². The van der Waals surface area contributed by atoms with E-state index < -0.39 is 10.0 Å². The summed E-state index contributed by atoms with van der Waals surface area (Å²) in [6.07, 6.45) is 0. The lowest BCUT2D eigenvalue weighted by Gasteiger charge is -2.31. The first kappa shape index (κ1) is 21.4. The Morgan fingerprint density at radius 2 is 1.69 bits per heavy atom. The molecule has 0 unspecified atom stereocenters. The zero-order valence-corrected chi connectivity index (χ0v) is 17.5. The monoisotopic (exact) mass is 417 g/mol. The smallest absolute Gasteiger partial charge is 0.241 e. The number of carbonyl (C=O) groups excluding carboxylic acids is 1. The number of ether oxygens (including phenoxy) is 1. The Bertz CT molecular complexity index is 921. The molecule has 0 saturated carbocycles. The normalized spacial score (nSPS) is 16.3. The molecule has 2 N–H and O–H groups in total. The maximum absolute atomic E-state index is 13.0. The Hall–Kier alpha value is -2.26. The van der Waals surface area contributed by atoms with Crippen LogP contribution >= 0.6 is 0 Å². The molecule has 7 nitrogen and oxygen atoms in total. The summed E-state index contributed by atoms with van der Waals surface area (Å²) in [7, 11) is -3.73. The van der Waals surface area contributed by atoms with E-state index in [-0.39, 0.29) is 16.8 Å². The topological polar surface area (TPSA) is 87.7 Å². The van der Waals surface area contributed by atoms with E-state index >= 15 is 0 Å². The largest absolute Gasteiger partial charge is 0.379 e. The summed E-state index contributed by atoms with van der Waals surface area (Å²) in [4.78, 5) is 13.5. The van der Waals surface area contributed by atoms with Gasteiger partial charge in [0, 0.05) is 32.2 Å². The van der Waals surface area contributed by atoms with Gasteiger partial charge in [-0.1, -0.05) is 29.8 Å². The van der Waals surface area contributed by atoms with Crippen molar-refractivity contribution >= 4 is 21.6 Å². The van der Waals surface area contributed by atoms with Crippen LogP contribution in [0.1, 0.15) is 24.1 Å². The number of sulfonamides is 1. The van der Waals surface area contributed by atoms with Crippen molar-refractivity contribution in [3.63, 3.8) is 0 Å². The minimum absolute atomic E-state index is 0.158. The maximum atomic E-state index is 13.0. The number of hydrogen-bond acceptors (Lipinski definition) is 5. The number of hydrogen-bond donors (Lipinski definition) is 2. The van der Waals surface area contributed by atoms with Gasteiger partial charge >= 0.3 is 0 Å². The Morgan fingerprint density at radius 1 is 1.07 bits per heavy atom. The molecular formula is C21H27N3O4S. The van der Waals surface area contributed by atoms with Crippen molar-refractivity contribution in [2.75, 3.05) is 38.2 Å². The van der Waals surface area contributed by atoms with Crippen LogP contribution in [0.25, 0.3) is 0 Å². The van der Waals surface area contributed by atoms with Crippen molar-refractivity contribution in [3.05, 3.63) is 59.7 Å². The van der Waals surface area contributed by atoms with Gasteiger partial charge in [0.1, 0.15) is 0 Å². The first-order chi connectivity index (χ1) is 13.8. The van der Waals surface area contributed by atoms with E-state index in [1.54, 1.807) is 12.1 Å². The van der Waals surface area contributed by atoms with Crippen LogP contribution in [0.15, 0.2) is 53.4 Å². The van der Waals surface area contributed by atoms with E-state index in [9.17, 15) is 13.2 Å². The molecule has 1 heterocycles. The third-order valence-corrected chi connectivity index (χ3v) is 6.29. The van der Waals surface area contributed by atoms with Gasteiger partial charge in [0.25, 0.3) is 0 Å². The molecule has 1 aliphatic rings. The fraction of sp³-hybridized carbons (Fsp3) is 0.381. The number of nitrogens with one attached hydrogen (secondary N) is 2. The summed E-state index contributed by atoms with van der Waals surface area (Å²) in [5.74, 6) is -0.205. The third-order valence-electron chi connectivity index (χ3n) is 4.81. The average Bonchev–Trinajstić information content (AvgIpc) is 2.69. The van der Waals surface area contributed by atoms with Crippen molar-refractivity contribution in [1.82, 2.24) is 9.62 Å². The van der Waals surface area contributed by atoms with Crippen LogP contribution < -0.4 is 10.0 Å². The molecule has 0 spiro atoms. The molecule has 2 aromatic carbocycles. The molecule has 8 heteroatoms. The lowest BCUT2D eigenvalue weighted by atomic mass is 10.1. The second-order valence-electron chi connectivity index (χ2n) is 7.20. The van der Waals surface area contributed by atoms with E-state index in [2.05, 4.69) is 14.9 Å². The molecule has 0 aliphatic carbocycles. The number of anilines is 1. The number of morpholine rings is 1. The van der Waals surface area contributed by atoms with E-state index in [0.717, 1.165) is 24.2 Å². The van der Waals surface area contributed by atoms with Gasteiger partial charge in [0.15, 0.2) is 0 Å². The average molecular weight is 418 g/mol. The standard InChI is InChI=1S/C21H27N3O4S/c1-16-3-5-18(6-4-16)21(15-24-11-13-28-14-12-24)23-29(26,27)20-9-7-19(8-10-20)22-17(2)25/h3-10,21,23H,11-15H2,1-2H3,(H,22,25)/t21-/m0/s1. The zero-order chi connectivity index (χ0) is 20.9. The van der Waals surface area contributed by atoms with Crippen LogP contribution in [-0.4, -0.2) is 52.1 Å². The Kier molecular flexibility index (Phi) is 7.02. The summed E-state index contributed by atoms with van der Waals surface area (Å²) in [6.45, 7) is 6.82. The van der Waals surface area contributed by atoms with Gasteiger partial charge in [-0.05, 0) is 36.8 Å². The number of aryl methyl sites for hydroxylation is 1. The maximum Gasteiger partial charge on any atom is 0.241 e. The van der Waals surface area contributed by atoms with Gasteiger partial charge in [-0.2, -0.15) is 0 Å². The van der Waals surface area contributed by atoms with E-state index in [1.165, 1.54) is 19.1 Å². The lowest BCUT2D eigenvalue weighted by Crippen LogP contribution is -2.43. The van der Waals surface area contributed by atoms with Gasteiger partial charge in [-0.3, -0.25) is 9.69 Å². The van der Waals surface area contributed by atoms with Gasteiger partial charge in [-0.25, -0.2) is 13.1 Å². The highest BCUT2D eigenvalue weighted by Crippen LogP contribution is 2.21. The summed E-state index contributed by atoms with van der Waals surface area (Å²) in [6, 6.07) is 13.7. The molecule has 1 amide bonds. The number of rotatable bonds is 7. The van der Waals surface area contributed by atoms with Gasteiger partial charge < -0.3 is 10.1 Å². The molecule has 0 aromatic heterocycles. The van der Waals surface area contributed by atoms with Crippen molar-refractivity contribution in [3.8, 4) is 0 Å². The lowest BCUT2D eigenvalue weighted by molar-refractivity contribution is -0.114. The highest BCUT2D eigenvalue weighted by Gasteiger charge is 2.24. The van der Waals surface area contributed by atoms with Gasteiger partial charge in [-0.15, -0.1) is 0 Å². The molecule has 1 saturated heterocycles. The molecule has 0 radical (unpaired) electrons. The minimum Gasteiger partial charge on any atom is -0.379 e. The van der Waals surface area contributed by atoms with Crippen molar-refractivity contribution in [1.29, 1.82) is 0 Å². The second-order valence-corrected chi connectivity index (χ2v) is 8.92. The van der Waals surface area contributed by atoms with E-state index in [4.69, 9.17) is 4.74 Å². The van der Waals surface area contributed by atoms with Crippen molar-refractivity contribution in [2.24, 2.45) is 0 Å². The first-order valence-electron chi connectivity index (χ1n) is 9.60. The predicted molar refractivity (Wildman–Crippen MR) is 112 cm³/mol. The summed E-state index contributed by atoms with van der Waals surface area (Å²) >= 11 is 0. The zero-order valence-electron chi connectivity index (χ0n) is 16.7. The van der Waals surface area contributed by atoms with E-state index in [0.29, 0.717) is 25.4 Å². The van der Waals surface area contributed by atoms with Crippen LogP contribution in [0.4, 0.5) is 5.69 Å². The van der Waals surface area contributed by atoms with Crippen LogP contribution in [-0.2, 0) is 19.6 Å². The number of nitrogens with zero attached hydrogens (tertiary/aromatic N) is 1. The highest BCUT2D eigenvalue weighted by molar-refractivity contribution is 7.89. The molecule has 29 heavy (non-hydrogen) atoms. The fourth-order valence-corrected chi connectivity index (χ4v) is 4.44. The fourth-order valence-electron chi connectivity index (χ4n) is 3.23. The Labute approximate surface area is 172 Å². The third kappa shape index (κ3) is 6.11. The van der Waals surface area contributed by atoms with Crippen LogP contribution in [0.2, 0.25) is 0 Å². The van der Waals surface area contributed by atoms with Crippen LogP contribution in [0.3, 0.4) is 0 Å². The highest BCUT2D eigenvalue weighted by atomic mass is 32.2. The van der Waals surface area contributed by atoms with E-state index in [1.807, 2.05) is 31.2 Å². The predicted octanol–water partition coefficient (Wildman–Crippen LogP) is 2.31. The summed E-state index contributed by atoms with van der Waals surface area (Å²) in [5, 5.41) is 2.64. The van der Waals surface area contributed by atoms with Crippen LogP contribution in [0, 0.1) is 6.92 Å². The molecule has 3 rings (SSSR count). The Morgan fingerprint density at radius 3 is 2.28 bits per heavy atom. The summed E-state index contributed by atoms with van der Waals surface area (Å²) < 4.78 is 34.3. The first-order valence-corrected chi connectivity index (χ1v) is 11.1. The minimum atomic E-state index is -3.73. The van der Waals surface area contributed by atoms with Crippen molar-refractivity contribution < 1.29 is 17.9 Å². The van der Waals surface area contributed by atoms with Crippen molar-refractivity contribution in [2.45, 2.75) is 24.8 Å². The SMILES string of the molecule is CC(=O)Nc1ccc(S(=O)(=O)N[C@@H](CN2CCOCC2)c2ccc(C)cc2)cc1. The quantitative estimate of drug-likeness (QED) is 0.722. The summed E-state index contributed by atoms with van der Waals surface area (Å²) in [5.41, 5.74) is 2.59.